The zero-order valence-electron chi connectivity index (χ0n) is 18.7. The summed E-state index contributed by atoms with van der Waals surface area (Å²) < 4.78 is 7.11. The predicted octanol–water partition coefficient (Wildman–Crippen LogP) is 1.60. The first-order valence-corrected chi connectivity index (χ1v) is 11.3. The molecule has 0 bridgehead atoms. The Balaban J connectivity index is 1.14. The molecule has 34 heavy (non-hydrogen) atoms. The highest BCUT2D eigenvalue weighted by Gasteiger charge is 2.61. The van der Waals surface area contributed by atoms with Gasteiger partial charge in [0.1, 0.15) is 11.8 Å². The van der Waals surface area contributed by atoms with Gasteiger partial charge in [0, 0.05) is 49.7 Å². The van der Waals surface area contributed by atoms with Gasteiger partial charge in [0.15, 0.2) is 0 Å². The van der Waals surface area contributed by atoms with Gasteiger partial charge in [0.05, 0.1) is 13.1 Å². The molecule has 3 aromatic rings. The molecule has 3 unspecified atom stereocenters. The third-order valence-electron chi connectivity index (χ3n) is 7.09. The Morgan fingerprint density at radius 3 is 2.82 bits per heavy atom. The van der Waals surface area contributed by atoms with Crippen molar-refractivity contribution in [2.75, 3.05) is 31.1 Å². The number of carbonyl (C=O) groups excluding carboxylic acids is 3. The van der Waals surface area contributed by atoms with E-state index >= 15 is 0 Å². The van der Waals surface area contributed by atoms with E-state index in [1.54, 1.807) is 27.8 Å². The van der Waals surface area contributed by atoms with Crippen molar-refractivity contribution in [3.8, 4) is 0 Å². The molecule has 1 aliphatic carbocycles. The number of hydrogen-bond donors (Lipinski definition) is 1. The van der Waals surface area contributed by atoms with E-state index in [0.717, 1.165) is 12.1 Å². The highest BCUT2D eigenvalue weighted by Crippen LogP contribution is 2.59. The van der Waals surface area contributed by atoms with Crippen LogP contribution < -0.4 is 10.2 Å². The van der Waals surface area contributed by atoms with Crippen LogP contribution in [0.25, 0.3) is 5.78 Å². The Morgan fingerprint density at radius 2 is 2.06 bits per heavy atom. The SMILES string of the molecule is CC(=O)NCC1CN(c2ccc(C34CC3CN(C(=O)c3cn5cccnc5n3)C4)cc2)C(=O)O1. The molecule has 3 atom stereocenters. The van der Waals surface area contributed by atoms with Crippen molar-refractivity contribution in [2.24, 2.45) is 5.92 Å². The maximum Gasteiger partial charge on any atom is 0.414 e. The van der Waals surface area contributed by atoms with Crippen molar-refractivity contribution in [1.29, 1.82) is 0 Å². The van der Waals surface area contributed by atoms with Gasteiger partial charge >= 0.3 is 6.09 Å². The number of piperidine rings is 1. The fourth-order valence-electron chi connectivity index (χ4n) is 5.25. The predicted molar refractivity (Wildman–Crippen MR) is 121 cm³/mol. The molecular formula is C24H24N6O4. The molecule has 4 heterocycles. The van der Waals surface area contributed by atoms with Crippen molar-refractivity contribution < 1.29 is 19.1 Å². The lowest BCUT2D eigenvalue weighted by Crippen LogP contribution is -2.33. The fourth-order valence-corrected chi connectivity index (χ4v) is 5.25. The van der Waals surface area contributed by atoms with Crippen LogP contribution in [0, 0.1) is 5.92 Å². The molecule has 2 aliphatic heterocycles. The summed E-state index contributed by atoms with van der Waals surface area (Å²) in [6, 6.07) is 9.76. The minimum absolute atomic E-state index is 0.0366. The summed E-state index contributed by atoms with van der Waals surface area (Å²) in [6.07, 6.45) is 5.48. The topological polar surface area (TPSA) is 109 Å². The van der Waals surface area contributed by atoms with Gasteiger partial charge in [-0.3, -0.25) is 18.9 Å². The number of cyclic esters (lactones) is 1. The summed E-state index contributed by atoms with van der Waals surface area (Å²) in [5.74, 6) is 0.717. The number of nitrogens with one attached hydrogen (secondary N) is 1. The molecule has 1 saturated carbocycles. The third kappa shape index (κ3) is 3.37. The number of ether oxygens (including phenoxy) is 1. The Kier molecular flexibility index (Phi) is 4.58. The molecule has 3 aliphatic rings. The van der Waals surface area contributed by atoms with Gasteiger partial charge in [0.25, 0.3) is 5.91 Å². The van der Waals surface area contributed by atoms with E-state index in [1.807, 2.05) is 35.4 Å². The normalized spacial score (nSPS) is 25.4. The number of benzene rings is 1. The molecule has 2 aromatic heterocycles. The quantitative estimate of drug-likeness (QED) is 0.620. The van der Waals surface area contributed by atoms with E-state index in [9.17, 15) is 14.4 Å². The van der Waals surface area contributed by atoms with Gasteiger partial charge in [0.2, 0.25) is 11.7 Å². The lowest BCUT2D eigenvalue weighted by atomic mass is 9.94. The van der Waals surface area contributed by atoms with Crippen LogP contribution in [-0.2, 0) is 14.9 Å². The van der Waals surface area contributed by atoms with Gasteiger partial charge < -0.3 is 15.0 Å². The molecule has 0 spiro atoms. The number of fused-ring (bicyclic) bond motifs is 2. The second-order valence-electron chi connectivity index (χ2n) is 9.30. The highest BCUT2D eigenvalue weighted by molar-refractivity contribution is 5.93. The summed E-state index contributed by atoms with van der Waals surface area (Å²) in [4.78, 5) is 48.5. The van der Waals surface area contributed by atoms with E-state index in [2.05, 4.69) is 15.3 Å². The number of carbonyl (C=O) groups is 3. The average Bonchev–Trinajstić information content (AvgIpc) is 3.17. The molecule has 10 nitrogen and oxygen atoms in total. The first-order chi connectivity index (χ1) is 16.4. The summed E-state index contributed by atoms with van der Waals surface area (Å²) in [7, 11) is 0. The van der Waals surface area contributed by atoms with Gasteiger partial charge in [-0.1, -0.05) is 12.1 Å². The molecule has 3 amide bonds. The third-order valence-corrected chi connectivity index (χ3v) is 7.09. The van der Waals surface area contributed by atoms with Crippen LogP contribution in [0.4, 0.5) is 10.5 Å². The molecule has 1 N–H and O–H groups in total. The van der Waals surface area contributed by atoms with Crippen molar-refractivity contribution in [1.82, 2.24) is 24.6 Å². The number of likely N-dealkylation sites (tertiary alicyclic amines) is 1. The number of hydrogen-bond acceptors (Lipinski definition) is 6. The Hall–Kier alpha value is -3.95. The molecule has 1 aromatic carbocycles. The van der Waals surface area contributed by atoms with Crippen LogP contribution in [0.2, 0.25) is 0 Å². The summed E-state index contributed by atoms with van der Waals surface area (Å²) in [5, 5.41) is 2.68. The van der Waals surface area contributed by atoms with Crippen LogP contribution in [-0.4, -0.2) is 69.5 Å². The molecule has 6 rings (SSSR count). The van der Waals surface area contributed by atoms with Gasteiger partial charge in [-0.05, 0) is 36.1 Å². The van der Waals surface area contributed by atoms with Crippen molar-refractivity contribution in [3.63, 3.8) is 0 Å². The minimum Gasteiger partial charge on any atom is -0.442 e. The number of nitrogens with zero attached hydrogens (tertiary/aromatic N) is 5. The average molecular weight is 460 g/mol. The lowest BCUT2D eigenvalue weighted by Gasteiger charge is -2.21. The second-order valence-corrected chi connectivity index (χ2v) is 9.30. The zero-order valence-corrected chi connectivity index (χ0v) is 18.7. The molecule has 10 heteroatoms. The number of imidazole rings is 1. The Morgan fingerprint density at radius 1 is 1.24 bits per heavy atom. The first kappa shape index (κ1) is 20.6. The lowest BCUT2D eigenvalue weighted by molar-refractivity contribution is -0.119. The summed E-state index contributed by atoms with van der Waals surface area (Å²) in [6.45, 7) is 3.49. The van der Waals surface area contributed by atoms with Crippen LogP contribution in [0.1, 0.15) is 29.4 Å². The molecule has 0 radical (unpaired) electrons. The number of aromatic nitrogens is 3. The Labute approximate surface area is 195 Å². The van der Waals surface area contributed by atoms with Gasteiger partial charge in [-0.2, -0.15) is 0 Å². The summed E-state index contributed by atoms with van der Waals surface area (Å²) in [5.41, 5.74) is 2.31. The highest BCUT2D eigenvalue weighted by atomic mass is 16.6. The summed E-state index contributed by atoms with van der Waals surface area (Å²) >= 11 is 0. The second kappa shape index (κ2) is 7.54. The first-order valence-electron chi connectivity index (χ1n) is 11.3. The zero-order chi connectivity index (χ0) is 23.4. The largest absolute Gasteiger partial charge is 0.442 e. The maximum absolute atomic E-state index is 13.1. The van der Waals surface area contributed by atoms with E-state index in [1.165, 1.54) is 12.5 Å². The Bertz CT molecular complexity index is 1270. The number of amides is 3. The minimum atomic E-state index is -0.412. The van der Waals surface area contributed by atoms with Gasteiger partial charge in [-0.15, -0.1) is 0 Å². The molecule has 2 saturated heterocycles. The maximum atomic E-state index is 13.1. The van der Waals surface area contributed by atoms with Crippen LogP contribution in [0.5, 0.6) is 0 Å². The van der Waals surface area contributed by atoms with Crippen LogP contribution in [0.3, 0.4) is 0 Å². The van der Waals surface area contributed by atoms with Crippen LogP contribution in [0.15, 0.2) is 48.9 Å². The molecule has 3 fully saturated rings. The van der Waals surface area contributed by atoms with E-state index in [4.69, 9.17) is 4.74 Å². The molecular weight excluding hydrogens is 436 g/mol. The van der Waals surface area contributed by atoms with Crippen molar-refractivity contribution in [3.05, 3.63) is 60.2 Å². The molecule has 174 valence electrons. The van der Waals surface area contributed by atoms with Crippen molar-refractivity contribution in [2.45, 2.75) is 24.9 Å². The smallest absolute Gasteiger partial charge is 0.414 e. The number of anilines is 1. The monoisotopic (exact) mass is 460 g/mol. The van der Waals surface area contributed by atoms with Crippen LogP contribution >= 0.6 is 0 Å². The van der Waals surface area contributed by atoms with E-state index in [0.29, 0.717) is 43.6 Å². The standard InChI is InChI=1S/C24H24N6O4/c1-15(31)26-10-19-12-30(23(33)34-19)18-5-3-16(4-6-18)24-9-17(24)11-29(14-24)21(32)20-13-28-8-2-7-25-22(28)27-20/h2-8,13,17,19H,9-12,14H2,1H3,(H,26,31). The van der Waals surface area contributed by atoms with Crippen molar-refractivity contribution >= 4 is 29.4 Å². The van der Waals surface area contributed by atoms with Gasteiger partial charge in [-0.25, -0.2) is 14.8 Å². The van der Waals surface area contributed by atoms with E-state index in [-0.39, 0.29) is 23.3 Å². The van der Waals surface area contributed by atoms with E-state index < -0.39 is 6.09 Å². The fraction of sp³-hybridized carbons (Fsp3) is 0.375. The number of rotatable bonds is 5.